The van der Waals surface area contributed by atoms with Crippen LogP contribution < -0.4 is 5.69 Å². The predicted molar refractivity (Wildman–Crippen MR) is 37.2 cm³/mol. The van der Waals surface area contributed by atoms with Crippen LogP contribution in [0.25, 0.3) is 0 Å². The molecule has 0 fully saturated rings. The van der Waals surface area contributed by atoms with Crippen LogP contribution in [0.2, 0.25) is 0 Å². The summed E-state index contributed by atoms with van der Waals surface area (Å²) in [6.07, 6.45) is 1.46. The molecule has 4 heteroatoms. The van der Waals surface area contributed by atoms with E-state index in [9.17, 15) is 4.79 Å². The molecular formula is C5H5BrN2O. The number of nitrogens with zero attached hydrogens (tertiary/aromatic N) is 2. The minimum Gasteiger partial charge on any atom is -0.289 e. The Morgan fingerprint density at radius 3 is 2.89 bits per heavy atom. The first-order chi connectivity index (χ1) is 4.22. The normalized spacial score (nSPS) is 9.56. The third kappa shape index (κ3) is 1.18. The van der Waals surface area contributed by atoms with E-state index in [0.29, 0.717) is 0 Å². The van der Waals surface area contributed by atoms with Crippen molar-refractivity contribution in [2.75, 3.05) is 0 Å². The molecule has 1 aromatic rings. The fraction of sp³-hybridized carbons (Fsp3) is 0.200. The Morgan fingerprint density at radius 2 is 2.44 bits per heavy atom. The van der Waals surface area contributed by atoms with E-state index in [1.54, 1.807) is 13.1 Å². The van der Waals surface area contributed by atoms with Gasteiger partial charge in [-0.25, -0.2) is 9.78 Å². The largest absolute Gasteiger partial charge is 0.348 e. The molecule has 0 spiro atoms. The predicted octanol–water partition coefficient (Wildman–Crippen LogP) is 0.543. The van der Waals surface area contributed by atoms with E-state index >= 15 is 0 Å². The lowest BCUT2D eigenvalue weighted by molar-refractivity contribution is 0.788. The van der Waals surface area contributed by atoms with Gasteiger partial charge in [0.1, 0.15) is 0 Å². The smallest absolute Gasteiger partial charge is 0.289 e. The van der Waals surface area contributed by atoms with Gasteiger partial charge in [-0.2, -0.15) is 0 Å². The Hall–Kier alpha value is -0.640. The van der Waals surface area contributed by atoms with Gasteiger partial charge in [0.2, 0.25) is 0 Å². The summed E-state index contributed by atoms with van der Waals surface area (Å²) in [6, 6.07) is 1.71. The van der Waals surface area contributed by atoms with Crippen molar-refractivity contribution < 1.29 is 0 Å². The number of halogens is 1. The van der Waals surface area contributed by atoms with Gasteiger partial charge in [0, 0.05) is 13.2 Å². The van der Waals surface area contributed by atoms with Crippen LogP contribution >= 0.6 is 15.9 Å². The van der Waals surface area contributed by atoms with Crippen molar-refractivity contribution in [1.82, 2.24) is 9.55 Å². The minimum atomic E-state index is -0.246. The molecule has 48 valence electrons. The van der Waals surface area contributed by atoms with Crippen molar-refractivity contribution in [3.8, 4) is 0 Å². The molecule has 0 unspecified atom stereocenters. The lowest BCUT2D eigenvalue weighted by Gasteiger charge is -1.95. The first-order valence-electron chi connectivity index (χ1n) is 2.39. The van der Waals surface area contributed by atoms with Crippen molar-refractivity contribution in [1.29, 1.82) is 0 Å². The molecule has 3 nitrogen and oxygen atoms in total. The number of rotatable bonds is 0. The van der Waals surface area contributed by atoms with E-state index in [1.165, 1.54) is 10.8 Å². The standard InChI is InChI=1S/C5H5BrN2O/c1-8-4(6)2-3-7-5(8)9/h2-3H,1H3. The van der Waals surface area contributed by atoms with Gasteiger partial charge >= 0.3 is 5.69 Å². The summed E-state index contributed by atoms with van der Waals surface area (Å²) in [6.45, 7) is 0. The number of aromatic nitrogens is 2. The van der Waals surface area contributed by atoms with Gasteiger partial charge in [-0.1, -0.05) is 0 Å². The van der Waals surface area contributed by atoms with Crippen molar-refractivity contribution in [2.24, 2.45) is 7.05 Å². The van der Waals surface area contributed by atoms with E-state index in [-0.39, 0.29) is 5.69 Å². The zero-order valence-electron chi connectivity index (χ0n) is 4.84. The molecule has 0 aliphatic heterocycles. The zero-order chi connectivity index (χ0) is 6.85. The maximum absolute atomic E-state index is 10.7. The highest BCUT2D eigenvalue weighted by Gasteiger charge is 1.91. The van der Waals surface area contributed by atoms with Crippen molar-refractivity contribution in [2.45, 2.75) is 0 Å². The fourth-order valence-electron chi connectivity index (χ4n) is 0.452. The first-order valence-corrected chi connectivity index (χ1v) is 3.18. The summed E-state index contributed by atoms with van der Waals surface area (Å²) >= 11 is 3.17. The van der Waals surface area contributed by atoms with E-state index in [2.05, 4.69) is 20.9 Å². The molecule has 0 radical (unpaired) electrons. The Kier molecular flexibility index (Phi) is 1.66. The summed E-state index contributed by atoms with van der Waals surface area (Å²) in [7, 11) is 1.65. The van der Waals surface area contributed by atoms with Gasteiger partial charge in [-0.05, 0) is 22.0 Å². The lowest BCUT2D eigenvalue weighted by Crippen LogP contribution is -2.19. The summed E-state index contributed by atoms with van der Waals surface area (Å²) in [5, 5.41) is 0. The highest BCUT2D eigenvalue weighted by atomic mass is 79.9. The van der Waals surface area contributed by atoms with Crippen LogP contribution in [0, 0.1) is 0 Å². The molecule has 0 amide bonds. The van der Waals surface area contributed by atoms with Crippen LogP contribution in [0.1, 0.15) is 0 Å². The quantitative estimate of drug-likeness (QED) is 0.558. The van der Waals surface area contributed by atoms with E-state index in [4.69, 9.17) is 0 Å². The molecule has 1 rings (SSSR count). The van der Waals surface area contributed by atoms with Crippen LogP contribution in [0.15, 0.2) is 21.7 Å². The maximum atomic E-state index is 10.7. The second-order valence-electron chi connectivity index (χ2n) is 1.61. The Morgan fingerprint density at radius 1 is 1.78 bits per heavy atom. The number of hydrogen-bond donors (Lipinski definition) is 0. The van der Waals surface area contributed by atoms with Crippen LogP contribution in [0.3, 0.4) is 0 Å². The van der Waals surface area contributed by atoms with Crippen molar-refractivity contribution >= 4 is 15.9 Å². The Labute approximate surface area is 60.5 Å². The Bertz CT molecular complexity index is 268. The highest BCUT2D eigenvalue weighted by Crippen LogP contribution is 2.00. The third-order valence-corrected chi connectivity index (χ3v) is 1.80. The topological polar surface area (TPSA) is 34.9 Å². The molecule has 0 saturated carbocycles. The number of hydrogen-bond acceptors (Lipinski definition) is 2. The SMILES string of the molecule is Cn1c(Br)ccnc1=O. The molecule has 0 saturated heterocycles. The molecule has 0 aromatic carbocycles. The van der Waals surface area contributed by atoms with Crippen LogP contribution in [-0.2, 0) is 7.05 Å². The first kappa shape index (κ1) is 6.48. The summed E-state index contributed by atoms with van der Waals surface area (Å²) in [4.78, 5) is 14.2. The molecule has 9 heavy (non-hydrogen) atoms. The van der Waals surface area contributed by atoms with Crippen LogP contribution in [0.4, 0.5) is 0 Å². The van der Waals surface area contributed by atoms with E-state index in [0.717, 1.165) is 4.60 Å². The minimum absolute atomic E-state index is 0.246. The van der Waals surface area contributed by atoms with Gasteiger partial charge in [0.25, 0.3) is 0 Å². The van der Waals surface area contributed by atoms with Gasteiger partial charge in [-0.15, -0.1) is 0 Å². The van der Waals surface area contributed by atoms with Crippen LogP contribution in [0.5, 0.6) is 0 Å². The van der Waals surface area contributed by atoms with Crippen molar-refractivity contribution in [3.05, 3.63) is 27.4 Å². The monoisotopic (exact) mass is 188 g/mol. The van der Waals surface area contributed by atoms with E-state index in [1.807, 2.05) is 0 Å². The summed E-state index contributed by atoms with van der Waals surface area (Å²) in [5.41, 5.74) is -0.246. The van der Waals surface area contributed by atoms with Gasteiger partial charge in [0.15, 0.2) is 0 Å². The maximum Gasteiger partial charge on any atom is 0.348 e. The zero-order valence-corrected chi connectivity index (χ0v) is 6.42. The third-order valence-electron chi connectivity index (χ3n) is 1.00. The molecule has 1 heterocycles. The van der Waals surface area contributed by atoms with Gasteiger partial charge in [0.05, 0.1) is 4.60 Å². The Balaban J connectivity index is 3.43. The second-order valence-corrected chi connectivity index (χ2v) is 2.42. The molecule has 0 aliphatic rings. The molecular weight excluding hydrogens is 184 g/mol. The van der Waals surface area contributed by atoms with Crippen molar-refractivity contribution in [3.63, 3.8) is 0 Å². The summed E-state index contributed by atoms with van der Waals surface area (Å²) in [5.74, 6) is 0. The molecule has 1 aromatic heterocycles. The molecule has 0 bridgehead atoms. The summed E-state index contributed by atoms with van der Waals surface area (Å²) < 4.78 is 2.16. The van der Waals surface area contributed by atoms with E-state index < -0.39 is 0 Å². The van der Waals surface area contributed by atoms with Crippen LogP contribution in [-0.4, -0.2) is 9.55 Å². The lowest BCUT2D eigenvalue weighted by atomic mass is 10.7. The highest BCUT2D eigenvalue weighted by molar-refractivity contribution is 9.10. The average Bonchev–Trinajstić information content (AvgIpc) is 1.83. The van der Waals surface area contributed by atoms with Gasteiger partial charge in [-0.3, -0.25) is 4.57 Å². The fourth-order valence-corrected chi connectivity index (χ4v) is 0.722. The van der Waals surface area contributed by atoms with Gasteiger partial charge < -0.3 is 0 Å². The molecule has 0 N–H and O–H groups in total. The average molecular weight is 189 g/mol. The molecule has 0 aliphatic carbocycles. The molecule has 0 atom stereocenters. The second kappa shape index (κ2) is 2.31.